The topological polar surface area (TPSA) is 36.9 Å². The van der Waals surface area contributed by atoms with Crippen LogP contribution in [0.15, 0.2) is 60.7 Å². The van der Waals surface area contributed by atoms with E-state index in [2.05, 4.69) is 36.4 Å². The Morgan fingerprint density at radius 2 is 1.11 bits per heavy atom. The summed E-state index contributed by atoms with van der Waals surface area (Å²) in [4.78, 5) is 0. The first-order valence-corrected chi connectivity index (χ1v) is 9.13. The van der Waals surface area contributed by atoms with E-state index in [1.165, 1.54) is 0 Å². The van der Waals surface area contributed by atoms with Gasteiger partial charge in [0.25, 0.3) is 0 Å². The molecule has 0 aliphatic rings. The van der Waals surface area contributed by atoms with Crippen LogP contribution in [0.2, 0.25) is 0 Å². The molecule has 4 heteroatoms. The van der Waals surface area contributed by atoms with Crippen LogP contribution in [0.4, 0.5) is 0 Å². The highest BCUT2D eigenvalue weighted by Crippen LogP contribution is 2.37. The van der Waals surface area contributed by atoms with Gasteiger partial charge < -0.3 is 18.9 Å². The second-order valence-electron chi connectivity index (χ2n) is 6.45. The minimum absolute atomic E-state index is 0.500. The van der Waals surface area contributed by atoms with E-state index in [0.29, 0.717) is 13.2 Å². The highest BCUT2D eigenvalue weighted by Gasteiger charge is 2.17. The van der Waals surface area contributed by atoms with Crippen molar-refractivity contribution < 1.29 is 18.9 Å². The molecule has 0 aliphatic carbocycles. The fourth-order valence-corrected chi connectivity index (χ4v) is 3.42. The lowest BCUT2D eigenvalue weighted by atomic mass is 9.88. The molecule has 28 heavy (non-hydrogen) atoms. The molecular formula is C24H26O4. The Morgan fingerprint density at radius 3 is 1.61 bits per heavy atom. The molecule has 3 rings (SSSR count). The number of ether oxygens (including phenoxy) is 4. The van der Waals surface area contributed by atoms with Crippen molar-refractivity contribution in [3.05, 3.63) is 71.8 Å². The molecule has 0 atom stereocenters. The fraction of sp³-hybridized carbons (Fsp3) is 0.250. The number of hydrogen-bond donors (Lipinski definition) is 0. The van der Waals surface area contributed by atoms with Crippen LogP contribution in [-0.2, 0) is 22.7 Å². The average molecular weight is 378 g/mol. The second kappa shape index (κ2) is 9.40. The lowest BCUT2D eigenvalue weighted by Gasteiger charge is -2.19. The molecule has 3 aromatic rings. The zero-order chi connectivity index (χ0) is 19.9. The van der Waals surface area contributed by atoms with Crippen molar-refractivity contribution in [2.24, 2.45) is 0 Å². The molecule has 146 valence electrons. The maximum atomic E-state index is 5.58. The lowest BCUT2D eigenvalue weighted by molar-refractivity contribution is 0.181. The molecule has 0 spiro atoms. The van der Waals surface area contributed by atoms with Gasteiger partial charge >= 0.3 is 0 Å². The lowest BCUT2D eigenvalue weighted by Crippen LogP contribution is -2.02. The molecule has 0 saturated heterocycles. The highest BCUT2D eigenvalue weighted by molar-refractivity contribution is 5.81. The summed E-state index contributed by atoms with van der Waals surface area (Å²) in [5, 5.41) is 0. The zero-order valence-electron chi connectivity index (χ0n) is 16.8. The molecule has 0 bridgehead atoms. The normalized spacial score (nSPS) is 10.7. The van der Waals surface area contributed by atoms with E-state index >= 15 is 0 Å². The summed E-state index contributed by atoms with van der Waals surface area (Å²) in [5.74, 6) is 1.67. The summed E-state index contributed by atoms with van der Waals surface area (Å²) in [6, 6.07) is 20.4. The summed E-state index contributed by atoms with van der Waals surface area (Å²) >= 11 is 0. The summed E-state index contributed by atoms with van der Waals surface area (Å²) in [7, 11) is 6.78. The zero-order valence-corrected chi connectivity index (χ0v) is 16.8. The SMILES string of the molecule is COCc1ccc(-c2ccc(OC)cc2)c(COC)c1-c1ccc(OC)cc1. The van der Waals surface area contributed by atoms with E-state index in [9.17, 15) is 0 Å². The van der Waals surface area contributed by atoms with Gasteiger partial charge in [-0.2, -0.15) is 0 Å². The van der Waals surface area contributed by atoms with Crippen LogP contribution < -0.4 is 9.47 Å². The van der Waals surface area contributed by atoms with Gasteiger partial charge in [-0.15, -0.1) is 0 Å². The maximum absolute atomic E-state index is 5.58. The Bertz CT molecular complexity index is 899. The Labute approximate surface area is 166 Å². The smallest absolute Gasteiger partial charge is 0.118 e. The van der Waals surface area contributed by atoms with Gasteiger partial charge in [-0.05, 0) is 57.6 Å². The summed E-state index contributed by atoms with van der Waals surface area (Å²) < 4.78 is 21.7. The minimum atomic E-state index is 0.500. The van der Waals surface area contributed by atoms with Gasteiger partial charge in [-0.3, -0.25) is 0 Å². The van der Waals surface area contributed by atoms with Crippen LogP contribution in [0.25, 0.3) is 22.3 Å². The summed E-state index contributed by atoms with van der Waals surface area (Å²) in [5.41, 5.74) is 6.75. The monoisotopic (exact) mass is 378 g/mol. The molecule has 0 aromatic heterocycles. The van der Waals surface area contributed by atoms with Crippen LogP contribution >= 0.6 is 0 Å². The standard InChI is InChI=1S/C24H26O4/c1-25-15-19-9-14-22(17-5-10-20(27-3)11-6-17)23(16-26-2)24(19)18-7-12-21(28-4)13-8-18/h5-14H,15-16H2,1-4H3. The fourth-order valence-electron chi connectivity index (χ4n) is 3.42. The van der Waals surface area contributed by atoms with Gasteiger partial charge in [0.2, 0.25) is 0 Å². The van der Waals surface area contributed by atoms with E-state index in [1.807, 2.05) is 24.3 Å². The van der Waals surface area contributed by atoms with Crippen molar-refractivity contribution >= 4 is 0 Å². The molecule has 0 N–H and O–H groups in total. The Morgan fingerprint density at radius 1 is 0.571 bits per heavy atom. The van der Waals surface area contributed by atoms with Crippen molar-refractivity contribution in [2.45, 2.75) is 13.2 Å². The number of methoxy groups -OCH3 is 4. The molecule has 0 fully saturated rings. The number of benzene rings is 3. The summed E-state index contributed by atoms with van der Waals surface area (Å²) in [6.45, 7) is 1.03. The predicted molar refractivity (Wildman–Crippen MR) is 112 cm³/mol. The second-order valence-corrected chi connectivity index (χ2v) is 6.45. The van der Waals surface area contributed by atoms with E-state index in [-0.39, 0.29) is 0 Å². The van der Waals surface area contributed by atoms with Crippen molar-refractivity contribution in [1.82, 2.24) is 0 Å². The minimum Gasteiger partial charge on any atom is -0.497 e. The third-order valence-electron chi connectivity index (χ3n) is 4.77. The highest BCUT2D eigenvalue weighted by atomic mass is 16.5. The van der Waals surface area contributed by atoms with Gasteiger partial charge in [-0.25, -0.2) is 0 Å². The molecule has 0 radical (unpaired) electrons. The largest absolute Gasteiger partial charge is 0.497 e. The number of rotatable bonds is 8. The van der Waals surface area contributed by atoms with Gasteiger partial charge in [0.05, 0.1) is 27.4 Å². The van der Waals surface area contributed by atoms with Gasteiger partial charge in [0.15, 0.2) is 0 Å². The first kappa shape index (κ1) is 19.9. The van der Waals surface area contributed by atoms with Crippen molar-refractivity contribution in [3.63, 3.8) is 0 Å². The van der Waals surface area contributed by atoms with Crippen LogP contribution in [0.3, 0.4) is 0 Å². The maximum Gasteiger partial charge on any atom is 0.118 e. The van der Waals surface area contributed by atoms with Gasteiger partial charge in [-0.1, -0.05) is 36.4 Å². The third kappa shape index (κ3) is 4.19. The van der Waals surface area contributed by atoms with Crippen LogP contribution in [-0.4, -0.2) is 28.4 Å². The Balaban J connectivity index is 2.20. The average Bonchev–Trinajstić information content (AvgIpc) is 2.75. The third-order valence-corrected chi connectivity index (χ3v) is 4.77. The Hall–Kier alpha value is -2.82. The van der Waals surface area contributed by atoms with E-state index < -0.39 is 0 Å². The molecule has 4 nitrogen and oxygen atoms in total. The molecule has 0 unspecified atom stereocenters. The molecular weight excluding hydrogens is 352 g/mol. The van der Waals surface area contributed by atoms with E-state index in [4.69, 9.17) is 18.9 Å². The molecule has 0 aliphatic heterocycles. The van der Waals surface area contributed by atoms with E-state index in [1.54, 1.807) is 28.4 Å². The Kier molecular flexibility index (Phi) is 6.69. The number of hydrogen-bond acceptors (Lipinski definition) is 4. The molecule has 0 saturated carbocycles. The predicted octanol–water partition coefficient (Wildman–Crippen LogP) is 5.33. The molecule has 0 amide bonds. The van der Waals surface area contributed by atoms with Crippen LogP contribution in [0.1, 0.15) is 11.1 Å². The van der Waals surface area contributed by atoms with Crippen molar-refractivity contribution in [3.8, 4) is 33.8 Å². The quantitative estimate of drug-likeness (QED) is 0.531. The van der Waals surface area contributed by atoms with Gasteiger partial charge in [0, 0.05) is 14.2 Å². The van der Waals surface area contributed by atoms with Gasteiger partial charge in [0.1, 0.15) is 11.5 Å². The molecule has 0 heterocycles. The first-order valence-electron chi connectivity index (χ1n) is 9.13. The van der Waals surface area contributed by atoms with Crippen LogP contribution in [0.5, 0.6) is 11.5 Å². The van der Waals surface area contributed by atoms with E-state index in [0.717, 1.165) is 44.9 Å². The first-order chi connectivity index (χ1) is 13.7. The summed E-state index contributed by atoms with van der Waals surface area (Å²) in [6.07, 6.45) is 0. The molecule has 3 aromatic carbocycles. The van der Waals surface area contributed by atoms with Crippen molar-refractivity contribution in [1.29, 1.82) is 0 Å². The van der Waals surface area contributed by atoms with Crippen molar-refractivity contribution in [2.75, 3.05) is 28.4 Å². The van der Waals surface area contributed by atoms with Crippen LogP contribution in [0, 0.1) is 0 Å².